The van der Waals surface area contributed by atoms with Gasteiger partial charge in [-0.2, -0.15) is 0 Å². The summed E-state index contributed by atoms with van der Waals surface area (Å²) in [4.78, 5) is 19.5. The average Bonchev–Trinajstić information content (AvgIpc) is 2.81. The van der Waals surface area contributed by atoms with Crippen LogP contribution in [0.25, 0.3) is 0 Å². The third-order valence-electron chi connectivity index (χ3n) is 7.31. The van der Waals surface area contributed by atoms with Crippen LogP contribution in [-0.2, 0) is 4.79 Å². The normalized spacial score (nSPS) is 23.1. The van der Waals surface area contributed by atoms with E-state index in [1.165, 1.54) is 31.2 Å². The van der Waals surface area contributed by atoms with E-state index in [-0.39, 0.29) is 17.0 Å². The Labute approximate surface area is 208 Å². The van der Waals surface area contributed by atoms with Gasteiger partial charge >= 0.3 is 0 Å². The fourth-order valence-electron chi connectivity index (χ4n) is 5.34. The van der Waals surface area contributed by atoms with Crippen molar-refractivity contribution in [2.45, 2.75) is 81.5 Å². The molecule has 34 heavy (non-hydrogen) atoms. The van der Waals surface area contributed by atoms with Crippen LogP contribution in [0.5, 0.6) is 0 Å². The zero-order valence-corrected chi connectivity index (χ0v) is 21.5. The van der Waals surface area contributed by atoms with Gasteiger partial charge in [0.15, 0.2) is 0 Å². The predicted octanol–water partition coefficient (Wildman–Crippen LogP) is 5.89. The standard InChI is InChI=1S/C28H38N4OS/c1-19-13-14-25-24(17-19)32(16-6-4-5-15-31-20(2)9-7-10-21(31)3)28(33)26(34-25)22-11-8-12-23(18-22)27(29)30/h8,11-14,17-18,20-21,26H,4-7,9-10,15-16H2,1-3H3,(H3,29,30)/t20-,21+,26?. The van der Waals surface area contributed by atoms with Gasteiger partial charge in [0.1, 0.15) is 11.1 Å². The minimum atomic E-state index is -0.315. The SMILES string of the molecule is Cc1ccc2c(c1)N(CCCCCN1[C@H](C)CCC[C@@H]1C)C(=O)C(c1cccc(C(=N)N)c1)S2. The van der Waals surface area contributed by atoms with Gasteiger partial charge in [0.25, 0.3) is 0 Å². The van der Waals surface area contributed by atoms with Crippen molar-refractivity contribution in [2.75, 3.05) is 18.0 Å². The number of hydrogen-bond donors (Lipinski definition) is 2. The van der Waals surface area contributed by atoms with Crippen LogP contribution in [0.2, 0.25) is 0 Å². The third kappa shape index (κ3) is 5.49. The van der Waals surface area contributed by atoms with E-state index in [4.69, 9.17) is 11.1 Å². The molecule has 2 aromatic carbocycles. The first-order valence-corrected chi connectivity index (χ1v) is 13.5. The van der Waals surface area contributed by atoms with Crippen molar-refractivity contribution in [1.29, 1.82) is 5.41 Å². The van der Waals surface area contributed by atoms with Gasteiger partial charge in [0.2, 0.25) is 5.91 Å². The van der Waals surface area contributed by atoms with Gasteiger partial charge in [-0.3, -0.25) is 15.1 Å². The van der Waals surface area contributed by atoms with E-state index in [0.717, 1.165) is 42.1 Å². The number of carbonyl (C=O) groups excluding carboxylic acids is 1. The number of nitrogen functional groups attached to an aromatic ring is 1. The molecule has 3 N–H and O–H groups in total. The summed E-state index contributed by atoms with van der Waals surface area (Å²) >= 11 is 1.60. The summed E-state index contributed by atoms with van der Waals surface area (Å²) in [6.45, 7) is 8.70. The number of amidine groups is 1. The maximum atomic E-state index is 13.7. The van der Waals surface area contributed by atoms with Crippen molar-refractivity contribution in [3.63, 3.8) is 0 Å². The van der Waals surface area contributed by atoms with Gasteiger partial charge in [-0.15, -0.1) is 11.8 Å². The molecule has 182 valence electrons. The molecule has 3 atom stereocenters. The Kier molecular flexibility index (Phi) is 7.99. The highest BCUT2D eigenvalue weighted by Gasteiger charge is 2.34. The minimum absolute atomic E-state index is 0.0281. The molecule has 2 heterocycles. The molecule has 6 heteroatoms. The van der Waals surface area contributed by atoms with E-state index in [0.29, 0.717) is 17.6 Å². The second-order valence-corrected chi connectivity index (χ2v) is 11.1. The van der Waals surface area contributed by atoms with Gasteiger partial charge in [0.05, 0.1) is 5.69 Å². The second kappa shape index (κ2) is 11.0. The van der Waals surface area contributed by atoms with Crippen molar-refractivity contribution in [1.82, 2.24) is 4.90 Å². The first-order chi connectivity index (χ1) is 16.3. The number of likely N-dealkylation sites (tertiary alicyclic amines) is 1. The number of aryl methyl sites for hydroxylation is 1. The zero-order chi connectivity index (χ0) is 24.2. The minimum Gasteiger partial charge on any atom is -0.384 e. The van der Waals surface area contributed by atoms with Crippen molar-refractivity contribution >= 4 is 29.2 Å². The summed E-state index contributed by atoms with van der Waals surface area (Å²) < 4.78 is 0. The number of carbonyl (C=O) groups is 1. The second-order valence-electron chi connectivity index (χ2n) is 9.93. The summed E-state index contributed by atoms with van der Waals surface area (Å²) in [6, 6.07) is 15.3. The lowest BCUT2D eigenvalue weighted by Crippen LogP contribution is -2.44. The van der Waals surface area contributed by atoms with E-state index < -0.39 is 0 Å². The Morgan fingerprint density at radius 1 is 1.06 bits per heavy atom. The molecule has 1 amide bonds. The quantitative estimate of drug-likeness (QED) is 0.282. The van der Waals surface area contributed by atoms with E-state index >= 15 is 0 Å². The smallest absolute Gasteiger partial charge is 0.245 e. The van der Waals surface area contributed by atoms with Gasteiger partial charge in [-0.1, -0.05) is 37.1 Å². The van der Waals surface area contributed by atoms with Crippen LogP contribution in [0, 0.1) is 12.3 Å². The van der Waals surface area contributed by atoms with Crippen molar-refractivity contribution in [2.24, 2.45) is 5.73 Å². The van der Waals surface area contributed by atoms with Crippen LogP contribution in [0.15, 0.2) is 47.4 Å². The number of nitrogens with zero attached hydrogens (tertiary/aromatic N) is 2. The molecular weight excluding hydrogens is 440 g/mol. The number of unbranched alkanes of at least 4 members (excludes halogenated alkanes) is 2. The Morgan fingerprint density at radius 2 is 1.79 bits per heavy atom. The van der Waals surface area contributed by atoms with Crippen molar-refractivity contribution in [3.8, 4) is 0 Å². The molecule has 0 spiro atoms. The van der Waals surface area contributed by atoms with Crippen LogP contribution in [0.3, 0.4) is 0 Å². The highest BCUT2D eigenvalue weighted by atomic mass is 32.2. The van der Waals surface area contributed by atoms with Crippen molar-refractivity contribution in [3.05, 3.63) is 59.2 Å². The fraction of sp³-hybridized carbons (Fsp3) is 0.500. The molecule has 4 rings (SSSR count). The number of hydrogen-bond acceptors (Lipinski definition) is 4. The maximum absolute atomic E-state index is 13.7. The van der Waals surface area contributed by atoms with Crippen molar-refractivity contribution < 1.29 is 4.79 Å². The topological polar surface area (TPSA) is 73.4 Å². The summed E-state index contributed by atoms with van der Waals surface area (Å²) in [5.41, 5.74) is 9.48. The highest BCUT2D eigenvalue weighted by molar-refractivity contribution is 8.00. The molecule has 0 bridgehead atoms. The number of fused-ring (bicyclic) bond motifs is 1. The lowest BCUT2D eigenvalue weighted by molar-refractivity contribution is -0.118. The van der Waals surface area contributed by atoms with Gasteiger partial charge in [-0.05, 0) is 82.3 Å². The number of piperidine rings is 1. The molecule has 2 aliphatic heterocycles. The van der Waals surface area contributed by atoms with Gasteiger partial charge in [-0.25, -0.2) is 0 Å². The molecule has 1 saturated heterocycles. The monoisotopic (exact) mass is 478 g/mol. The Bertz CT molecular complexity index is 1030. The van der Waals surface area contributed by atoms with Gasteiger partial charge < -0.3 is 10.6 Å². The molecule has 0 aliphatic carbocycles. The highest BCUT2D eigenvalue weighted by Crippen LogP contribution is 2.47. The fourth-order valence-corrected chi connectivity index (χ4v) is 6.54. The molecule has 5 nitrogen and oxygen atoms in total. The molecule has 0 radical (unpaired) electrons. The number of amides is 1. The van der Waals surface area contributed by atoms with E-state index in [2.05, 4.69) is 43.9 Å². The van der Waals surface area contributed by atoms with Gasteiger partial charge in [0, 0.05) is 29.1 Å². The van der Waals surface area contributed by atoms with E-state index in [9.17, 15) is 4.79 Å². The summed E-state index contributed by atoms with van der Waals surface area (Å²) in [7, 11) is 0. The molecule has 0 aromatic heterocycles. The molecular formula is C28H38N4OS. The number of thioether (sulfide) groups is 1. The number of anilines is 1. The molecule has 2 aromatic rings. The summed E-state index contributed by atoms with van der Waals surface area (Å²) in [5, 5.41) is 7.46. The number of rotatable bonds is 8. The first kappa shape index (κ1) is 24.8. The lowest BCUT2D eigenvalue weighted by Gasteiger charge is -2.39. The number of nitrogens with one attached hydrogen (secondary N) is 1. The predicted molar refractivity (Wildman–Crippen MR) is 143 cm³/mol. The zero-order valence-electron chi connectivity index (χ0n) is 20.7. The van der Waals surface area contributed by atoms with Crippen LogP contribution in [0.4, 0.5) is 5.69 Å². The van der Waals surface area contributed by atoms with Crippen LogP contribution >= 0.6 is 11.8 Å². The van der Waals surface area contributed by atoms with E-state index in [1.54, 1.807) is 11.8 Å². The molecule has 1 fully saturated rings. The maximum Gasteiger partial charge on any atom is 0.245 e. The lowest BCUT2D eigenvalue weighted by atomic mass is 9.97. The summed E-state index contributed by atoms with van der Waals surface area (Å²) in [6.07, 6.45) is 7.28. The first-order valence-electron chi connectivity index (χ1n) is 12.6. The van der Waals surface area contributed by atoms with Crippen LogP contribution in [-0.4, -0.2) is 41.8 Å². The molecule has 1 unspecified atom stereocenters. The molecule has 0 saturated carbocycles. The molecule has 2 aliphatic rings. The van der Waals surface area contributed by atoms with Crippen LogP contribution in [0.1, 0.15) is 74.3 Å². The Morgan fingerprint density at radius 3 is 2.53 bits per heavy atom. The van der Waals surface area contributed by atoms with Crippen LogP contribution < -0.4 is 10.6 Å². The average molecular weight is 479 g/mol. The van der Waals surface area contributed by atoms with E-state index in [1.807, 2.05) is 29.2 Å². The number of nitrogens with two attached hydrogens (primary N) is 1. The Balaban J connectivity index is 1.45. The number of benzene rings is 2. The largest absolute Gasteiger partial charge is 0.384 e. The third-order valence-corrected chi connectivity index (χ3v) is 8.62. The Hall–Kier alpha value is -2.31. The summed E-state index contributed by atoms with van der Waals surface area (Å²) in [5.74, 6) is 0.155.